The van der Waals surface area contributed by atoms with E-state index in [9.17, 15) is 5.11 Å². The van der Waals surface area contributed by atoms with E-state index in [0.29, 0.717) is 30.1 Å². The third-order valence-corrected chi connectivity index (χ3v) is 5.33. The fourth-order valence-corrected chi connectivity index (χ4v) is 3.78. The number of hydrogen-bond donors (Lipinski definition) is 4. The fourth-order valence-electron chi connectivity index (χ4n) is 3.78. The number of nitrogens with zero attached hydrogens (tertiary/aromatic N) is 4. The van der Waals surface area contributed by atoms with Crippen LogP contribution in [0.2, 0.25) is 0 Å². The van der Waals surface area contributed by atoms with Gasteiger partial charge in [-0.1, -0.05) is 24.3 Å². The number of nitrogen functional groups attached to an aromatic ring is 1. The van der Waals surface area contributed by atoms with E-state index in [2.05, 4.69) is 38.1 Å². The molecule has 2 aromatic carbocycles. The Hall–Kier alpha value is -3.75. The first-order chi connectivity index (χ1) is 14.7. The molecule has 3 heterocycles. The molecule has 0 saturated carbocycles. The van der Waals surface area contributed by atoms with Crippen molar-refractivity contribution in [3.63, 3.8) is 0 Å². The molecule has 5 aromatic rings. The minimum atomic E-state index is 0.0287. The molecule has 0 atom stereocenters. The second-order valence-corrected chi connectivity index (χ2v) is 7.26. The molecule has 3 aromatic heterocycles. The van der Waals surface area contributed by atoms with Crippen molar-refractivity contribution >= 4 is 27.9 Å². The second-order valence-electron chi connectivity index (χ2n) is 7.26. The zero-order valence-electron chi connectivity index (χ0n) is 16.2. The lowest BCUT2D eigenvalue weighted by Crippen LogP contribution is -2.02. The summed E-state index contributed by atoms with van der Waals surface area (Å²) in [5.41, 5.74) is 19.2. The molecule has 6 N–H and O–H groups in total. The van der Waals surface area contributed by atoms with Crippen LogP contribution in [0, 0.1) is 0 Å². The van der Waals surface area contributed by atoms with Gasteiger partial charge in [-0.3, -0.25) is 0 Å². The van der Waals surface area contributed by atoms with Gasteiger partial charge in [-0.05, 0) is 40.5 Å². The number of benzene rings is 2. The Morgan fingerprint density at radius 2 is 1.83 bits per heavy atom. The number of anilines is 1. The van der Waals surface area contributed by atoms with Crippen molar-refractivity contribution in [2.75, 3.05) is 5.73 Å². The molecule has 0 spiro atoms. The number of rotatable bonds is 5. The Bertz CT molecular complexity index is 1350. The molecule has 0 bridgehead atoms. The summed E-state index contributed by atoms with van der Waals surface area (Å²) in [5.74, 6) is 0.368. The molecule has 0 fully saturated rings. The molecule has 0 saturated heterocycles. The molecule has 0 amide bonds. The van der Waals surface area contributed by atoms with Gasteiger partial charge >= 0.3 is 0 Å². The Morgan fingerprint density at radius 3 is 2.60 bits per heavy atom. The molecule has 0 aliphatic rings. The number of aromatic amines is 1. The van der Waals surface area contributed by atoms with E-state index in [1.54, 1.807) is 6.33 Å². The normalized spacial score (nSPS) is 11.5. The smallest absolute Gasteiger partial charge is 0.165 e. The molecule has 8 nitrogen and oxygen atoms in total. The number of fused-ring (bicyclic) bond motifs is 2. The van der Waals surface area contributed by atoms with Gasteiger partial charge in [0, 0.05) is 17.6 Å². The van der Waals surface area contributed by atoms with Crippen LogP contribution in [0.4, 0.5) is 5.82 Å². The lowest BCUT2D eigenvalue weighted by atomic mass is 9.99. The van der Waals surface area contributed by atoms with Crippen molar-refractivity contribution in [3.8, 4) is 11.1 Å². The van der Waals surface area contributed by atoms with Crippen molar-refractivity contribution in [2.45, 2.75) is 19.7 Å². The number of nitrogens with one attached hydrogen (secondary N) is 1. The number of imidazole rings is 1. The van der Waals surface area contributed by atoms with Crippen molar-refractivity contribution in [1.29, 1.82) is 0 Å². The summed E-state index contributed by atoms with van der Waals surface area (Å²) in [6.07, 6.45) is 3.18. The third kappa shape index (κ3) is 3.08. The molecule has 0 radical (unpaired) electrons. The number of aliphatic hydroxyl groups excluding tert-OH is 1. The molecule has 0 aliphatic heterocycles. The summed E-state index contributed by atoms with van der Waals surface area (Å²) in [5, 5.41) is 10.4. The van der Waals surface area contributed by atoms with Crippen LogP contribution in [-0.2, 0) is 19.7 Å². The van der Waals surface area contributed by atoms with Crippen LogP contribution in [0.1, 0.15) is 16.8 Å². The summed E-state index contributed by atoms with van der Waals surface area (Å²) >= 11 is 0. The highest BCUT2D eigenvalue weighted by atomic mass is 16.3. The van der Waals surface area contributed by atoms with E-state index < -0.39 is 0 Å². The van der Waals surface area contributed by atoms with Crippen molar-refractivity contribution < 1.29 is 5.11 Å². The SMILES string of the molecule is NCc1cc2cc(-c3ccc(CO)cc3)cc(Cn3cnc4c(N)ncnc43)c2[nH]1. The summed E-state index contributed by atoms with van der Waals surface area (Å²) in [6.45, 7) is 1.03. The van der Waals surface area contributed by atoms with Gasteiger partial charge in [0.15, 0.2) is 11.5 Å². The first kappa shape index (κ1) is 18.3. The van der Waals surface area contributed by atoms with Crippen LogP contribution in [0.5, 0.6) is 0 Å². The minimum Gasteiger partial charge on any atom is -0.392 e. The maximum absolute atomic E-state index is 9.32. The second kappa shape index (κ2) is 7.25. The highest BCUT2D eigenvalue weighted by Gasteiger charge is 2.13. The van der Waals surface area contributed by atoms with Gasteiger partial charge in [0.25, 0.3) is 0 Å². The van der Waals surface area contributed by atoms with Gasteiger partial charge < -0.3 is 26.1 Å². The lowest BCUT2D eigenvalue weighted by Gasteiger charge is -2.10. The van der Waals surface area contributed by atoms with Gasteiger partial charge in [-0.25, -0.2) is 15.0 Å². The highest BCUT2D eigenvalue weighted by Crippen LogP contribution is 2.30. The molecule has 150 valence electrons. The van der Waals surface area contributed by atoms with Gasteiger partial charge in [-0.2, -0.15) is 0 Å². The van der Waals surface area contributed by atoms with E-state index in [0.717, 1.165) is 38.9 Å². The highest BCUT2D eigenvalue weighted by molar-refractivity contribution is 5.89. The van der Waals surface area contributed by atoms with Gasteiger partial charge in [0.05, 0.1) is 25.0 Å². The van der Waals surface area contributed by atoms with E-state index >= 15 is 0 Å². The van der Waals surface area contributed by atoms with Crippen LogP contribution in [0.15, 0.2) is 55.1 Å². The predicted octanol–water partition coefficient (Wildman–Crippen LogP) is 2.56. The lowest BCUT2D eigenvalue weighted by molar-refractivity contribution is 0.282. The number of H-pyrrole nitrogens is 1. The largest absolute Gasteiger partial charge is 0.392 e. The monoisotopic (exact) mass is 399 g/mol. The fraction of sp³-hybridized carbons (Fsp3) is 0.136. The molecule has 0 aliphatic carbocycles. The molecule has 5 rings (SSSR count). The molecule has 8 heteroatoms. The van der Waals surface area contributed by atoms with Crippen LogP contribution in [0.3, 0.4) is 0 Å². The Kier molecular flexibility index (Phi) is 4.42. The third-order valence-electron chi connectivity index (χ3n) is 5.33. The molecule has 30 heavy (non-hydrogen) atoms. The van der Waals surface area contributed by atoms with E-state index in [1.165, 1.54) is 6.33 Å². The average Bonchev–Trinajstić information content (AvgIpc) is 3.39. The zero-order valence-corrected chi connectivity index (χ0v) is 16.2. The van der Waals surface area contributed by atoms with Crippen molar-refractivity contribution in [1.82, 2.24) is 24.5 Å². The van der Waals surface area contributed by atoms with Gasteiger partial charge in [0.1, 0.15) is 11.8 Å². The van der Waals surface area contributed by atoms with E-state index in [-0.39, 0.29) is 6.61 Å². The Labute approximate surface area is 172 Å². The first-order valence-corrected chi connectivity index (χ1v) is 9.62. The molecular weight excluding hydrogens is 378 g/mol. The van der Waals surface area contributed by atoms with E-state index in [1.807, 2.05) is 28.8 Å². The van der Waals surface area contributed by atoms with Crippen LogP contribution < -0.4 is 11.5 Å². The van der Waals surface area contributed by atoms with Crippen molar-refractivity contribution in [2.24, 2.45) is 5.73 Å². The molecule has 0 unspecified atom stereocenters. The number of aliphatic hydroxyl groups is 1. The first-order valence-electron chi connectivity index (χ1n) is 9.62. The maximum atomic E-state index is 9.32. The van der Waals surface area contributed by atoms with Crippen LogP contribution >= 0.6 is 0 Å². The summed E-state index contributed by atoms with van der Waals surface area (Å²) < 4.78 is 1.96. The maximum Gasteiger partial charge on any atom is 0.165 e. The van der Waals surface area contributed by atoms with Crippen LogP contribution in [0.25, 0.3) is 33.2 Å². The topological polar surface area (TPSA) is 132 Å². The average molecular weight is 399 g/mol. The Balaban J connectivity index is 1.65. The zero-order chi connectivity index (χ0) is 20.7. The van der Waals surface area contributed by atoms with Gasteiger partial charge in [0.2, 0.25) is 0 Å². The van der Waals surface area contributed by atoms with Gasteiger partial charge in [-0.15, -0.1) is 0 Å². The number of aromatic nitrogens is 5. The Morgan fingerprint density at radius 1 is 1.00 bits per heavy atom. The molecular formula is C22H21N7O. The van der Waals surface area contributed by atoms with E-state index in [4.69, 9.17) is 11.5 Å². The summed E-state index contributed by atoms with van der Waals surface area (Å²) in [4.78, 5) is 16.2. The predicted molar refractivity (Wildman–Crippen MR) is 116 cm³/mol. The summed E-state index contributed by atoms with van der Waals surface area (Å²) in [7, 11) is 0. The quantitative estimate of drug-likeness (QED) is 0.359. The summed E-state index contributed by atoms with van der Waals surface area (Å²) in [6, 6.07) is 14.3. The standard InChI is InChI=1S/C22H21N7O/c23-8-18-7-16-5-15(14-3-1-13(10-30)2-4-14)6-17(19(16)28-18)9-29-12-27-20-21(24)25-11-26-22(20)29/h1-7,11-12,28,30H,8-10,23H2,(H2,24,25,26). The van der Waals surface area contributed by atoms with Crippen LogP contribution in [-0.4, -0.2) is 29.6 Å². The van der Waals surface area contributed by atoms with Crippen molar-refractivity contribution in [3.05, 3.63) is 71.9 Å². The minimum absolute atomic E-state index is 0.0287. The number of nitrogens with two attached hydrogens (primary N) is 2. The number of hydrogen-bond acceptors (Lipinski definition) is 6.